The number of nitrogens with one attached hydrogen (secondary N) is 1. The van der Waals surface area contributed by atoms with Crippen molar-refractivity contribution in [3.05, 3.63) is 36.2 Å². The highest BCUT2D eigenvalue weighted by Gasteiger charge is 2.12. The molecule has 3 aromatic rings. The van der Waals surface area contributed by atoms with Crippen LogP contribution in [0.5, 0.6) is 0 Å². The summed E-state index contributed by atoms with van der Waals surface area (Å²) in [5.74, 6) is 0.970. The highest BCUT2D eigenvalue weighted by atomic mass is 79.9. The van der Waals surface area contributed by atoms with Crippen molar-refractivity contribution in [1.82, 2.24) is 19.2 Å². The summed E-state index contributed by atoms with van der Waals surface area (Å²) >= 11 is 0. The summed E-state index contributed by atoms with van der Waals surface area (Å²) in [6.45, 7) is 5.88. The minimum absolute atomic E-state index is 0. The maximum Gasteiger partial charge on any atom is 0.243 e. The number of aromatic nitrogens is 5. The average Bonchev–Trinajstić information content (AvgIpc) is 3.06. The van der Waals surface area contributed by atoms with Gasteiger partial charge in [0.05, 0.1) is 25.5 Å². The first-order chi connectivity index (χ1) is 10.6. The SMILES string of the molecule is Cc1nc2c(N)cnn2c(NCCC[n+]2ccn(C)c2)c1C.[Br-]. The van der Waals surface area contributed by atoms with E-state index in [1.165, 1.54) is 0 Å². The third-order valence-electron chi connectivity index (χ3n) is 3.86. The van der Waals surface area contributed by atoms with Crippen LogP contribution in [0.15, 0.2) is 24.9 Å². The van der Waals surface area contributed by atoms with E-state index < -0.39 is 0 Å². The van der Waals surface area contributed by atoms with Crippen LogP contribution in [-0.4, -0.2) is 25.7 Å². The van der Waals surface area contributed by atoms with Crippen LogP contribution >= 0.6 is 0 Å². The molecular weight excluding hydrogens is 358 g/mol. The van der Waals surface area contributed by atoms with Crippen molar-refractivity contribution < 1.29 is 21.5 Å². The number of halogens is 1. The van der Waals surface area contributed by atoms with E-state index in [4.69, 9.17) is 5.73 Å². The van der Waals surface area contributed by atoms with Gasteiger partial charge in [-0.2, -0.15) is 9.61 Å². The van der Waals surface area contributed by atoms with E-state index in [1.807, 2.05) is 31.7 Å². The lowest BCUT2D eigenvalue weighted by molar-refractivity contribution is -0.696. The summed E-state index contributed by atoms with van der Waals surface area (Å²) in [4.78, 5) is 4.50. The summed E-state index contributed by atoms with van der Waals surface area (Å²) in [7, 11) is 2.02. The molecule has 0 saturated heterocycles. The maximum atomic E-state index is 5.92. The average molecular weight is 380 g/mol. The highest BCUT2D eigenvalue weighted by molar-refractivity contribution is 5.68. The van der Waals surface area contributed by atoms with Gasteiger partial charge < -0.3 is 28.0 Å². The second-order valence-corrected chi connectivity index (χ2v) is 5.60. The Morgan fingerprint density at radius 2 is 2.13 bits per heavy atom. The zero-order chi connectivity index (χ0) is 15.7. The molecule has 0 spiro atoms. The molecule has 0 fully saturated rings. The van der Waals surface area contributed by atoms with E-state index >= 15 is 0 Å². The van der Waals surface area contributed by atoms with Gasteiger partial charge in [0, 0.05) is 24.2 Å². The van der Waals surface area contributed by atoms with Crippen LogP contribution in [0, 0.1) is 13.8 Å². The molecule has 124 valence electrons. The number of imidazole rings is 1. The molecule has 8 heteroatoms. The van der Waals surface area contributed by atoms with Crippen molar-refractivity contribution in [2.24, 2.45) is 7.05 Å². The Labute approximate surface area is 145 Å². The number of hydrogen-bond acceptors (Lipinski definition) is 4. The van der Waals surface area contributed by atoms with Crippen molar-refractivity contribution in [2.45, 2.75) is 26.8 Å². The molecule has 0 atom stereocenters. The highest BCUT2D eigenvalue weighted by Crippen LogP contribution is 2.21. The first-order valence-corrected chi connectivity index (χ1v) is 7.41. The fourth-order valence-corrected chi connectivity index (χ4v) is 2.51. The minimum Gasteiger partial charge on any atom is -1.00 e. The number of nitrogens with two attached hydrogens (primary N) is 1. The van der Waals surface area contributed by atoms with Crippen LogP contribution in [-0.2, 0) is 13.6 Å². The van der Waals surface area contributed by atoms with Gasteiger partial charge in [-0.25, -0.2) is 14.1 Å². The summed E-state index contributed by atoms with van der Waals surface area (Å²) in [5, 5.41) is 7.79. The Kier molecular flexibility index (Phi) is 5.25. The molecule has 3 aromatic heterocycles. The van der Waals surface area contributed by atoms with E-state index in [9.17, 15) is 0 Å². The molecule has 0 bridgehead atoms. The van der Waals surface area contributed by atoms with E-state index in [1.54, 1.807) is 10.7 Å². The van der Waals surface area contributed by atoms with Crippen molar-refractivity contribution in [3.8, 4) is 0 Å². The third kappa shape index (κ3) is 3.47. The van der Waals surface area contributed by atoms with Crippen molar-refractivity contribution >= 4 is 17.2 Å². The van der Waals surface area contributed by atoms with E-state index in [0.29, 0.717) is 11.3 Å². The summed E-state index contributed by atoms with van der Waals surface area (Å²) in [5.41, 5.74) is 9.30. The van der Waals surface area contributed by atoms with Gasteiger partial charge in [0.15, 0.2) is 5.65 Å². The van der Waals surface area contributed by atoms with E-state index in [-0.39, 0.29) is 17.0 Å². The van der Waals surface area contributed by atoms with E-state index in [0.717, 1.165) is 36.6 Å². The number of hydrogen-bond donors (Lipinski definition) is 2. The smallest absolute Gasteiger partial charge is 0.243 e. The van der Waals surface area contributed by atoms with Crippen LogP contribution in [0.1, 0.15) is 17.7 Å². The quantitative estimate of drug-likeness (QED) is 0.399. The Morgan fingerprint density at radius 3 is 2.83 bits per heavy atom. The zero-order valence-corrected chi connectivity index (χ0v) is 15.2. The molecule has 0 amide bonds. The number of fused-ring (bicyclic) bond motifs is 1. The number of rotatable bonds is 5. The van der Waals surface area contributed by atoms with E-state index in [2.05, 4.69) is 32.5 Å². The van der Waals surface area contributed by atoms with Crippen molar-refractivity contribution in [3.63, 3.8) is 0 Å². The Bertz CT molecular complexity index is 806. The molecular formula is C15H22BrN7. The second kappa shape index (κ2) is 6.99. The molecule has 0 aromatic carbocycles. The van der Waals surface area contributed by atoms with Gasteiger partial charge in [-0.05, 0) is 13.8 Å². The molecule has 3 N–H and O–H groups in total. The van der Waals surface area contributed by atoms with Gasteiger partial charge in [0.2, 0.25) is 6.33 Å². The van der Waals surface area contributed by atoms with Crippen LogP contribution in [0.25, 0.3) is 5.65 Å². The predicted octanol–water partition coefficient (Wildman–Crippen LogP) is -1.94. The molecule has 0 aliphatic carbocycles. The zero-order valence-electron chi connectivity index (χ0n) is 13.6. The van der Waals surface area contributed by atoms with Gasteiger partial charge in [-0.15, -0.1) is 0 Å². The fourth-order valence-electron chi connectivity index (χ4n) is 2.51. The van der Waals surface area contributed by atoms with Crippen LogP contribution in [0.3, 0.4) is 0 Å². The molecule has 3 heterocycles. The summed E-state index contributed by atoms with van der Waals surface area (Å²) in [6, 6.07) is 0. The minimum atomic E-state index is 0. The molecule has 7 nitrogen and oxygen atoms in total. The first kappa shape index (κ1) is 17.3. The second-order valence-electron chi connectivity index (χ2n) is 5.60. The van der Waals surface area contributed by atoms with Gasteiger partial charge in [0.1, 0.15) is 18.2 Å². The van der Waals surface area contributed by atoms with Crippen molar-refractivity contribution in [1.29, 1.82) is 0 Å². The Morgan fingerprint density at radius 1 is 1.35 bits per heavy atom. The van der Waals surface area contributed by atoms with Gasteiger partial charge in [-0.1, -0.05) is 0 Å². The largest absolute Gasteiger partial charge is 1.00 e. The monoisotopic (exact) mass is 379 g/mol. The maximum absolute atomic E-state index is 5.92. The number of anilines is 2. The Hall–Kier alpha value is -2.09. The Balaban J connectivity index is 0.00000192. The summed E-state index contributed by atoms with van der Waals surface area (Å²) in [6.07, 6.45) is 8.86. The number of nitrogens with zero attached hydrogens (tertiary/aromatic N) is 5. The molecule has 0 aliphatic heterocycles. The van der Waals surface area contributed by atoms with Crippen LogP contribution < -0.4 is 32.6 Å². The third-order valence-corrected chi connectivity index (χ3v) is 3.86. The standard InChI is InChI=1S/C15H22N7.BrH/c1-11-12(2)19-15-13(16)9-18-22(15)14(11)17-5-4-6-21-8-7-20(3)10-21;/h7-10,17H,4-6,16H2,1-3H3;1H/q+1;/p-1. The van der Waals surface area contributed by atoms with Gasteiger partial charge in [-0.3, -0.25) is 0 Å². The molecule has 3 rings (SSSR count). The number of aryl methyl sites for hydroxylation is 3. The molecule has 0 aliphatic rings. The van der Waals surface area contributed by atoms with Crippen LogP contribution in [0.4, 0.5) is 11.5 Å². The summed E-state index contributed by atoms with van der Waals surface area (Å²) < 4.78 is 6.00. The molecule has 23 heavy (non-hydrogen) atoms. The fraction of sp³-hybridized carbons (Fsp3) is 0.400. The predicted molar refractivity (Wildman–Crippen MR) is 85.6 cm³/mol. The molecule has 0 radical (unpaired) electrons. The first-order valence-electron chi connectivity index (χ1n) is 7.41. The van der Waals surface area contributed by atoms with Gasteiger partial charge >= 0.3 is 0 Å². The number of nitrogen functional groups attached to an aromatic ring is 1. The normalized spacial score (nSPS) is 10.7. The lowest BCUT2D eigenvalue weighted by Crippen LogP contribution is -3.00. The lowest BCUT2D eigenvalue weighted by Gasteiger charge is -2.12. The molecule has 0 saturated carbocycles. The lowest BCUT2D eigenvalue weighted by atomic mass is 10.2. The topological polar surface area (TPSA) is 77.0 Å². The van der Waals surface area contributed by atoms with Crippen molar-refractivity contribution in [2.75, 3.05) is 17.6 Å². The van der Waals surface area contributed by atoms with Gasteiger partial charge in [0.25, 0.3) is 0 Å². The van der Waals surface area contributed by atoms with Crippen LogP contribution in [0.2, 0.25) is 0 Å². The molecule has 0 unspecified atom stereocenters.